The van der Waals surface area contributed by atoms with Gasteiger partial charge in [0.05, 0.1) is 41.6 Å². The molecule has 6 aromatic rings. The number of nitrogens with zero attached hydrogens (tertiary/aromatic N) is 8. The topological polar surface area (TPSA) is 382 Å². The van der Waals surface area contributed by atoms with Gasteiger partial charge >= 0.3 is 24.3 Å². The highest BCUT2D eigenvalue weighted by atomic mass is 19.4. The first kappa shape index (κ1) is 81.1. The maximum Gasteiger partial charge on any atom is 0.416 e. The molecule has 29 nitrogen and oxygen atoms in total. The number of amides is 8. The number of rotatable bonds is 16. The minimum absolute atomic E-state index is 0.0561. The summed E-state index contributed by atoms with van der Waals surface area (Å²) < 4.78 is 99.7. The van der Waals surface area contributed by atoms with E-state index in [1.54, 1.807) is 60.6 Å². The number of halogens is 6. The number of nitrogens with one attached hydrogen (secondary N) is 7. The highest BCUT2D eigenvalue weighted by Gasteiger charge is 2.48. The fourth-order valence-electron chi connectivity index (χ4n) is 12.7. The number of carboxylic acids is 2. The molecule has 0 radical (unpaired) electrons. The highest BCUT2D eigenvalue weighted by Crippen LogP contribution is 2.35. The molecule has 6 aliphatic rings. The third kappa shape index (κ3) is 20.8. The number of carboxylic acid groups (broad SMARTS) is 2. The molecule has 9 N–H and O–H groups in total. The fourth-order valence-corrected chi connectivity index (χ4v) is 12.7. The Morgan fingerprint density at radius 1 is 0.565 bits per heavy atom. The van der Waals surface area contributed by atoms with E-state index >= 15 is 9.59 Å². The molecule has 0 spiro atoms. The molecule has 6 aliphatic heterocycles. The molecule has 8 heterocycles. The summed E-state index contributed by atoms with van der Waals surface area (Å²) in [5.74, 6) is -11.1. The first-order chi connectivity index (χ1) is 51.1. The Balaban J connectivity index is 1.06. The molecular weight excluding hydrogens is 1420 g/mol. The van der Waals surface area contributed by atoms with Crippen molar-refractivity contribution in [1.82, 2.24) is 77.0 Å². The number of hydrogen-bond donors (Lipinski definition) is 9. The smallest absolute Gasteiger partial charge is 0.416 e. The van der Waals surface area contributed by atoms with Gasteiger partial charge in [-0.3, -0.25) is 38.4 Å². The Morgan fingerprint density at radius 2 is 1.01 bits per heavy atom. The van der Waals surface area contributed by atoms with E-state index in [9.17, 15) is 74.9 Å². The van der Waals surface area contributed by atoms with Gasteiger partial charge in [-0.1, -0.05) is 130 Å². The van der Waals surface area contributed by atoms with Gasteiger partial charge in [0.25, 0.3) is 5.88 Å². The van der Waals surface area contributed by atoms with Crippen molar-refractivity contribution in [1.29, 1.82) is 0 Å². The van der Waals surface area contributed by atoms with E-state index in [1.807, 2.05) is 0 Å². The average Bonchev–Trinajstić information content (AvgIpc) is 1.68. The Kier molecular flexibility index (Phi) is 26.4. The average molecular weight is 1510 g/mol. The predicted octanol–water partition coefficient (Wildman–Crippen LogP) is 4.68. The normalized spacial score (nSPS) is 21.9. The van der Waals surface area contributed by atoms with Crippen molar-refractivity contribution in [3.05, 3.63) is 154 Å². The molecule has 0 aliphatic carbocycles. The molecule has 2 aromatic heterocycles. The molecule has 0 saturated carbocycles. The number of ether oxygens (including phenoxy) is 2. The molecule has 35 heteroatoms. The monoisotopic (exact) mass is 1510 g/mol. The number of alkyl halides is 6. The largest absolute Gasteiger partial charge is 0.487 e. The van der Waals surface area contributed by atoms with Crippen LogP contribution >= 0.6 is 0 Å². The number of carbonyl (C=O) groups is 10. The zero-order chi connectivity index (χ0) is 78.6. The van der Waals surface area contributed by atoms with Crippen LogP contribution in [0.4, 0.5) is 26.3 Å². The molecule has 580 valence electrons. The van der Waals surface area contributed by atoms with Crippen LogP contribution in [-0.2, 0) is 99.2 Å². The summed E-state index contributed by atoms with van der Waals surface area (Å²) in [6.07, 6.45) is -8.76. The van der Waals surface area contributed by atoms with Gasteiger partial charge in [-0.05, 0) is 84.3 Å². The summed E-state index contributed by atoms with van der Waals surface area (Å²) in [6, 6.07) is 5.35. The van der Waals surface area contributed by atoms with Crippen molar-refractivity contribution in [3.8, 4) is 11.6 Å². The number of carbonyl (C=O) groups excluding carboxylic acids is 8. The third-order valence-corrected chi connectivity index (χ3v) is 19.4. The van der Waals surface area contributed by atoms with Crippen LogP contribution in [0.3, 0.4) is 0 Å². The van der Waals surface area contributed by atoms with Crippen molar-refractivity contribution >= 4 is 59.2 Å². The number of aromatic nitrogens is 6. The maximum atomic E-state index is 15.0. The van der Waals surface area contributed by atoms with E-state index < -0.39 is 180 Å². The summed E-state index contributed by atoms with van der Waals surface area (Å²) in [5.41, 5.74) is -0.896. The number of aliphatic carboxylic acids is 2. The zero-order valence-corrected chi connectivity index (χ0v) is 60.4. The molecule has 2 saturated heterocycles. The molecule has 8 amide bonds. The van der Waals surface area contributed by atoms with E-state index in [4.69, 9.17) is 9.47 Å². The van der Waals surface area contributed by atoms with Crippen molar-refractivity contribution < 1.29 is 94.0 Å². The van der Waals surface area contributed by atoms with Gasteiger partial charge in [0.15, 0.2) is 0 Å². The van der Waals surface area contributed by atoms with Crippen molar-refractivity contribution in [2.45, 2.75) is 185 Å². The van der Waals surface area contributed by atoms with Crippen molar-refractivity contribution in [2.75, 3.05) is 20.1 Å². The van der Waals surface area contributed by atoms with Crippen LogP contribution in [0.2, 0.25) is 0 Å². The van der Waals surface area contributed by atoms with Crippen LogP contribution in [0, 0.1) is 17.8 Å². The van der Waals surface area contributed by atoms with Gasteiger partial charge in [-0.2, -0.15) is 26.3 Å². The van der Waals surface area contributed by atoms with Crippen LogP contribution in [0.5, 0.6) is 11.6 Å². The SMILES string of the molecule is CC[C@@H](C)C(=O)N[C@H](C(=O)N1C[C@@H]2C[C@H]1C(=O)N[C@@H](Cc1cccc(C(F)(F)F)c1)C(=O)N[C@H](C(=O)O)Cc1ccc(cc1)OCc1cn(nn1)[C@H]1C[C@@H](C(=O)N[C@@H](Cc3cccc(C(F)(F)F)c3)C(=O)N[C@H](C(=O)O)Cc3ccc(cc3)COc3cn2nn3)N(C(=O)[C@@H](NC(=O)[C@H](C)NC)C(C)C)C1)C(C)C. The lowest BCUT2D eigenvalue weighted by molar-refractivity contribution is -0.144. The van der Waals surface area contributed by atoms with Crippen molar-refractivity contribution in [2.24, 2.45) is 17.8 Å². The molecule has 4 aromatic carbocycles. The standard InChI is InChI=1S/C73H87F6N15O14/c1-9-40(6)62(95)85-60(38(2)3)68(101)92-34-51-31-58(92)67(100)82-54(29-46-13-11-15-48(25-46)73(77,78)79)65(98)84-56(71(105)106)27-43-20-22-52(23-21-43)107-37-49-32-93(89-87-49)50-30-57(91(33-50)69(102)61(39(4)5)86-63(96)41(7)80-8)66(99)81-53(28-45-12-10-14-47(24-45)72(74,75)76)64(97)83-55(70(103)104)26-42-16-18-44(19-17-42)36-108-59-35-94(51)90-88-59/h10-25,32,35,38-41,50-51,53-58,60-61,80H,9,26-31,33-34,36-37H2,1-8H3,(H,81,99)(H,82,100)(H,83,97)(H,84,98)(H,85,95)(H,86,96)(H,103,104)(H,105,106)/t40-,41+,50+,51+,53+,54+,55+,56+,57+,58+,60+,61+/m1/s1. The number of likely N-dealkylation sites (N-methyl/N-ethyl adjacent to an activating group) is 1. The lowest BCUT2D eigenvalue weighted by atomic mass is 9.99. The zero-order valence-electron chi connectivity index (χ0n) is 60.4. The van der Waals surface area contributed by atoms with E-state index in [2.05, 4.69) is 57.8 Å². The second-order valence-electron chi connectivity index (χ2n) is 28.0. The molecule has 2 fully saturated rings. The molecular formula is C73H87F6N15O14. The van der Waals surface area contributed by atoms with Crippen LogP contribution in [0.1, 0.15) is 124 Å². The second-order valence-corrected chi connectivity index (χ2v) is 28.0. The molecule has 12 atom stereocenters. The minimum atomic E-state index is -4.83. The van der Waals surface area contributed by atoms with E-state index in [0.717, 1.165) is 36.4 Å². The number of benzene rings is 4. The Bertz CT molecular complexity index is 3970. The first-order valence-electron chi connectivity index (χ1n) is 35.2. The van der Waals surface area contributed by atoms with Crippen LogP contribution in [-0.4, -0.2) is 184 Å². The summed E-state index contributed by atoms with van der Waals surface area (Å²) in [6.45, 7) is 10.8. The molecule has 108 heavy (non-hydrogen) atoms. The fraction of sp³-hybridized carbons (Fsp3) is 0.479. The molecule has 12 bridgehead atoms. The number of hydrogen-bond acceptors (Lipinski definition) is 17. The van der Waals surface area contributed by atoms with Crippen molar-refractivity contribution in [3.63, 3.8) is 0 Å². The van der Waals surface area contributed by atoms with Crippen LogP contribution < -0.4 is 46.7 Å². The van der Waals surface area contributed by atoms with Gasteiger partial charge in [-0.25, -0.2) is 19.0 Å². The Labute approximate surface area is 617 Å². The van der Waals surface area contributed by atoms with Gasteiger partial charge in [0.1, 0.15) is 73.0 Å². The van der Waals surface area contributed by atoms with E-state index in [1.165, 1.54) is 87.1 Å². The minimum Gasteiger partial charge on any atom is -0.487 e. The Morgan fingerprint density at radius 3 is 1.45 bits per heavy atom. The highest BCUT2D eigenvalue weighted by molar-refractivity contribution is 5.98. The predicted molar refractivity (Wildman–Crippen MR) is 372 cm³/mol. The maximum absolute atomic E-state index is 15.0. The summed E-state index contributed by atoms with van der Waals surface area (Å²) in [4.78, 5) is 144. The van der Waals surface area contributed by atoms with E-state index in [0.29, 0.717) is 23.1 Å². The second kappa shape index (κ2) is 35.1. The molecule has 12 rings (SSSR count). The van der Waals surface area contributed by atoms with Crippen LogP contribution in [0.25, 0.3) is 0 Å². The summed E-state index contributed by atoms with van der Waals surface area (Å²) in [7, 11) is 1.54. The van der Waals surface area contributed by atoms with Gasteiger partial charge in [-0.15, -0.1) is 5.10 Å². The first-order valence-corrected chi connectivity index (χ1v) is 35.2. The lowest BCUT2D eigenvalue weighted by Crippen LogP contribution is -2.59. The Hall–Kier alpha value is -11.0. The van der Waals surface area contributed by atoms with Gasteiger partial charge in [0.2, 0.25) is 47.3 Å². The summed E-state index contributed by atoms with van der Waals surface area (Å²) >= 11 is 0. The third-order valence-electron chi connectivity index (χ3n) is 19.4. The van der Waals surface area contributed by atoms with Gasteiger partial charge in [0, 0.05) is 57.5 Å². The summed E-state index contributed by atoms with van der Waals surface area (Å²) in [5, 5.41) is 56.6. The van der Waals surface area contributed by atoms with E-state index in [-0.39, 0.29) is 80.4 Å². The lowest BCUT2D eigenvalue weighted by Gasteiger charge is -2.32. The van der Waals surface area contributed by atoms with Gasteiger partial charge < -0.3 is 66.7 Å². The van der Waals surface area contributed by atoms with Crippen LogP contribution in [0.15, 0.2) is 109 Å². The molecule has 0 unspecified atom stereocenters. The quantitative estimate of drug-likeness (QED) is 0.0594. The number of likely N-dealkylation sites (tertiary alicyclic amines) is 2.